The molecule has 0 aliphatic carbocycles. The van der Waals surface area contributed by atoms with E-state index in [9.17, 15) is 4.79 Å². The second kappa shape index (κ2) is 13.4. The third-order valence-electron chi connectivity index (χ3n) is 4.26. The highest BCUT2D eigenvalue weighted by atomic mass is 35.5. The standard InChI is InChI=1S/C21H29N3O2.2ClH/c1-16(20(22)17-9-5-4-6-10-17)21(25)23-18-11-7-12-19(15-18)26-14-8-13-24(2)3;;/h4-7,9-12,15-16,20H,8,13-14,22H2,1-3H3,(H,23,25);2*1H. The highest BCUT2D eigenvalue weighted by Gasteiger charge is 2.22. The molecular formula is C21H31Cl2N3O2. The summed E-state index contributed by atoms with van der Waals surface area (Å²) >= 11 is 0. The number of benzene rings is 2. The first-order chi connectivity index (χ1) is 12.5. The van der Waals surface area contributed by atoms with E-state index >= 15 is 0 Å². The van der Waals surface area contributed by atoms with Crippen LogP contribution in [0.5, 0.6) is 5.75 Å². The van der Waals surface area contributed by atoms with E-state index in [4.69, 9.17) is 10.5 Å². The molecule has 2 aromatic carbocycles. The molecule has 0 aromatic heterocycles. The summed E-state index contributed by atoms with van der Waals surface area (Å²) in [7, 11) is 4.08. The highest BCUT2D eigenvalue weighted by molar-refractivity contribution is 5.93. The first-order valence-electron chi connectivity index (χ1n) is 8.96. The number of amides is 1. The van der Waals surface area contributed by atoms with E-state index in [2.05, 4.69) is 10.2 Å². The molecule has 0 fully saturated rings. The van der Waals surface area contributed by atoms with E-state index < -0.39 is 0 Å². The van der Waals surface area contributed by atoms with Gasteiger partial charge in [0, 0.05) is 24.3 Å². The zero-order valence-corrected chi connectivity index (χ0v) is 18.3. The maximum absolute atomic E-state index is 12.5. The van der Waals surface area contributed by atoms with Crippen LogP contribution in [0.4, 0.5) is 5.69 Å². The van der Waals surface area contributed by atoms with Crippen molar-refractivity contribution >= 4 is 36.4 Å². The van der Waals surface area contributed by atoms with Crippen molar-refractivity contribution in [3.8, 4) is 5.75 Å². The predicted molar refractivity (Wildman–Crippen MR) is 121 cm³/mol. The molecule has 2 atom stereocenters. The van der Waals surface area contributed by atoms with Gasteiger partial charge in [-0.25, -0.2) is 0 Å². The van der Waals surface area contributed by atoms with Gasteiger partial charge in [-0.3, -0.25) is 4.79 Å². The summed E-state index contributed by atoms with van der Waals surface area (Å²) in [6.07, 6.45) is 0.951. The lowest BCUT2D eigenvalue weighted by molar-refractivity contribution is -0.120. The van der Waals surface area contributed by atoms with Gasteiger partial charge in [0.05, 0.1) is 12.5 Å². The normalized spacial score (nSPS) is 12.3. The third kappa shape index (κ3) is 8.48. The molecule has 0 saturated heterocycles. The number of carbonyl (C=O) groups excluding carboxylic acids is 1. The van der Waals surface area contributed by atoms with Crippen molar-refractivity contribution in [2.24, 2.45) is 11.7 Å². The number of hydrogen-bond donors (Lipinski definition) is 2. The Morgan fingerprint density at radius 2 is 1.79 bits per heavy atom. The van der Waals surface area contributed by atoms with Gasteiger partial charge in [-0.15, -0.1) is 24.8 Å². The SMILES string of the molecule is CC(C(=O)Nc1cccc(OCCCN(C)C)c1)C(N)c1ccccc1.Cl.Cl. The van der Waals surface area contributed by atoms with Crippen LogP contribution in [0.2, 0.25) is 0 Å². The Labute approximate surface area is 180 Å². The first kappa shape index (κ1) is 26.2. The van der Waals surface area contributed by atoms with Crippen molar-refractivity contribution in [3.05, 3.63) is 60.2 Å². The number of ether oxygens (including phenoxy) is 1. The first-order valence-corrected chi connectivity index (χ1v) is 8.96. The minimum atomic E-state index is -0.346. The summed E-state index contributed by atoms with van der Waals surface area (Å²) < 4.78 is 5.75. The molecule has 0 bridgehead atoms. The number of rotatable bonds is 9. The van der Waals surface area contributed by atoms with Crippen LogP contribution in [0.1, 0.15) is 24.9 Å². The fourth-order valence-corrected chi connectivity index (χ4v) is 2.62. The summed E-state index contributed by atoms with van der Waals surface area (Å²) in [5, 5.41) is 2.93. The van der Waals surface area contributed by atoms with Crippen LogP contribution in [0.3, 0.4) is 0 Å². The Morgan fingerprint density at radius 3 is 2.43 bits per heavy atom. The van der Waals surface area contributed by atoms with Crippen LogP contribution >= 0.6 is 24.8 Å². The zero-order valence-electron chi connectivity index (χ0n) is 16.6. The lowest BCUT2D eigenvalue weighted by atomic mass is 9.94. The van der Waals surface area contributed by atoms with Gasteiger partial charge in [0.25, 0.3) is 0 Å². The number of hydrogen-bond acceptors (Lipinski definition) is 4. The number of carbonyl (C=O) groups is 1. The van der Waals surface area contributed by atoms with Gasteiger partial charge in [0.2, 0.25) is 5.91 Å². The van der Waals surface area contributed by atoms with Gasteiger partial charge >= 0.3 is 0 Å². The van der Waals surface area contributed by atoms with Crippen molar-refractivity contribution in [1.82, 2.24) is 4.90 Å². The monoisotopic (exact) mass is 427 g/mol. The molecular weight excluding hydrogens is 397 g/mol. The summed E-state index contributed by atoms with van der Waals surface area (Å²) in [6, 6.07) is 16.8. The second-order valence-corrected chi connectivity index (χ2v) is 6.75. The van der Waals surface area contributed by atoms with Crippen LogP contribution in [0, 0.1) is 5.92 Å². The maximum atomic E-state index is 12.5. The smallest absolute Gasteiger partial charge is 0.229 e. The molecule has 0 saturated carbocycles. The number of halogens is 2. The molecule has 0 aliphatic heterocycles. The van der Waals surface area contributed by atoms with Gasteiger partial charge in [0.1, 0.15) is 5.75 Å². The summed E-state index contributed by atoms with van der Waals surface area (Å²) in [4.78, 5) is 14.7. The van der Waals surface area contributed by atoms with Crippen LogP contribution < -0.4 is 15.8 Å². The predicted octanol–water partition coefficient (Wildman–Crippen LogP) is 4.14. The molecule has 1 amide bonds. The highest BCUT2D eigenvalue weighted by Crippen LogP contribution is 2.22. The second-order valence-electron chi connectivity index (χ2n) is 6.75. The summed E-state index contributed by atoms with van der Waals surface area (Å²) in [5.41, 5.74) is 7.91. The van der Waals surface area contributed by atoms with Crippen molar-refractivity contribution in [1.29, 1.82) is 0 Å². The van der Waals surface area contributed by atoms with E-state index in [1.165, 1.54) is 0 Å². The average Bonchev–Trinajstić information content (AvgIpc) is 2.65. The molecule has 0 aliphatic rings. The van der Waals surface area contributed by atoms with E-state index in [1.807, 2.05) is 75.6 Å². The molecule has 0 heterocycles. The van der Waals surface area contributed by atoms with E-state index in [1.54, 1.807) is 0 Å². The van der Waals surface area contributed by atoms with Crippen LogP contribution in [-0.2, 0) is 4.79 Å². The van der Waals surface area contributed by atoms with Crippen molar-refractivity contribution in [3.63, 3.8) is 0 Å². The van der Waals surface area contributed by atoms with Gasteiger partial charge in [-0.05, 0) is 38.2 Å². The van der Waals surface area contributed by atoms with Crippen LogP contribution in [0.15, 0.2) is 54.6 Å². The molecule has 3 N–H and O–H groups in total. The molecule has 0 spiro atoms. The molecule has 2 aromatic rings. The zero-order chi connectivity index (χ0) is 18.9. The fraction of sp³-hybridized carbons (Fsp3) is 0.381. The van der Waals surface area contributed by atoms with Crippen molar-refractivity contribution in [2.45, 2.75) is 19.4 Å². The molecule has 2 unspecified atom stereocenters. The summed E-state index contributed by atoms with van der Waals surface area (Å²) in [5.74, 6) is 0.301. The topological polar surface area (TPSA) is 67.6 Å². The molecule has 5 nitrogen and oxygen atoms in total. The average molecular weight is 428 g/mol. The number of nitrogens with two attached hydrogens (primary N) is 1. The molecule has 7 heteroatoms. The summed E-state index contributed by atoms with van der Waals surface area (Å²) in [6.45, 7) is 3.46. The Morgan fingerprint density at radius 1 is 1.11 bits per heavy atom. The van der Waals surface area contributed by atoms with E-state index in [0.717, 1.165) is 24.3 Å². The largest absolute Gasteiger partial charge is 0.493 e. The van der Waals surface area contributed by atoms with Gasteiger partial charge in [0.15, 0.2) is 0 Å². The lowest BCUT2D eigenvalue weighted by Gasteiger charge is -2.20. The van der Waals surface area contributed by atoms with E-state index in [-0.39, 0.29) is 42.7 Å². The van der Waals surface area contributed by atoms with Gasteiger partial charge < -0.3 is 20.7 Å². The molecule has 28 heavy (non-hydrogen) atoms. The minimum Gasteiger partial charge on any atom is -0.493 e. The Kier molecular flexibility index (Phi) is 12.5. The van der Waals surface area contributed by atoms with E-state index in [0.29, 0.717) is 12.3 Å². The molecule has 156 valence electrons. The van der Waals surface area contributed by atoms with Crippen molar-refractivity contribution in [2.75, 3.05) is 32.6 Å². The van der Waals surface area contributed by atoms with Gasteiger partial charge in [-0.2, -0.15) is 0 Å². The number of nitrogens with one attached hydrogen (secondary N) is 1. The number of anilines is 1. The van der Waals surface area contributed by atoms with Gasteiger partial charge in [-0.1, -0.05) is 43.3 Å². The van der Waals surface area contributed by atoms with Crippen LogP contribution in [-0.4, -0.2) is 38.1 Å². The molecule has 2 rings (SSSR count). The number of nitrogens with zero attached hydrogens (tertiary/aromatic N) is 1. The maximum Gasteiger partial charge on any atom is 0.229 e. The Hall–Kier alpha value is -1.79. The molecule has 0 radical (unpaired) electrons. The fourth-order valence-electron chi connectivity index (χ4n) is 2.62. The van der Waals surface area contributed by atoms with Crippen molar-refractivity contribution < 1.29 is 9.53 Å². The third-order valence-corrected chi connectivity index (χ3v) is 4.26. The lowest BCUT2D eigenvalue weighted by Crippen LogP contribution is -2.30. The Balaban J connectivity index is 0.00000364. The van der Waals surface area contributed by atoms with Crippen LogP contribution in [0.25, 0.3) is 0 Å². The quantitative estimate of drug-likeness (QED) is 0.590. The minimum absolute atomic E-state index is 0. The Bertz CT molecular complexity index is 699.